The van der Waals surface area contributed by atoms with Crippen LogP contribution in [0.4, 0.5) is 4.39 Å². The Morgan fingerprint density at radius 1 is 1.17 bits per heavy atom. The molecule has 0 N–H and O–H groups in total. The maximum absolute atomic E-state index is 13.1. The van der Waals surface area contributed by atoms with E-state index in [1.165, 1.54) is 12.1 Å². The van der Waals surface area contributed by atoms with Gasteiger partial charge in [0.15, 0.2) is 5.78 Å². The van der Waals surface area contributed by atoms with Crippen molar-refractivity contribution in [3.8, 4) is 0 Å². The van der Waals surface area contributed by atoms with Crippen molar-refractivity contribution in [2.24, 2.45) is 0 Å². The van der Waals surface area contributed by atoms with E-state index in [0.29, 0.717) is 5.56 Å². The highest BCUT2D eigenvalue weighted by Crippen LogP contribution is 2.22. The summed E-state index contributed by atoms with van der Waals surface area (Å²) in [6.07, 6.45) is 1.96. The molecule has 0 bridgehead atoms. The van der Waals surface area contributed by atoms with E-state index >= 15 is 0 Å². The predicted molar refractivity (Wildman–Crippen MR) is 73.1 cm³/mol. The van der Waals surface area contributed by atoms with Crippen LogP contribution >= 0.6 is 23.4 Å². The van der Waals surface area contributed by atoms with Crippen molar-refractivity contribution in [1.29, 1.82) is 0 Å². The van der Waals surface area contributed by atoms with E-state index < -0.39 is 5.82 Å². The minimum atomic E-state index is -0.469. The summed E-state index contributed by atoms with van der Waals surface area (Å²) in [5.41, 5.74) is 0.689. The topological polar surface area (TPSA) is 17.1 Å². The molecule has 0 unspecified atom stereocenters. The molecule has 2 aromatic carbocycles. The Bertz CT molecular complexity index is 581. The van der Waals surface area contributed by atoms with Gasteiger partial charge < -0.3 is 0 Å². The number of hydrogen-bond donors (Lipinski definition) is 0. The van der Waals surface area contributed by atoms with Crippen LogP contribution in [0.3, 0.4) is 0 Å². The van der Waals surface area contributed by atoms with Crippen LogP contribution < -0.4 is 0 Å². The zero-order valence-corrected chi connectivity index (χ0v) is 11.2. The van der Waals surface area contributed by atoms with E-state index in [9.17, 15) is 9.18 Å². The van der Waals surface area contributed by atoms with Crippen molar-refractivity contribution < 1.29 is 9.18 Å². The smallest absolute Gasteiger partial charge is 0.194 e. The van der Waals surface area contributed by atoms with E-state index in [2.05, 4.69) is 0 Å². The van der Waals surface area contributed by atoms with E-state index in [-0.39, 0.29) is 16.4 Å². The molecule has 0 fully saturated rings. The molecule has 92 valence electrons. The van der Waals surface area contributed by atoms with Crippen molar-refractivity contribution in [2.75, 3.05) is 6.26 Å². The molecule has 0 aliphatic carbocycles. The zero-order chi connectivity index (χ0) is 13.1. The number of carbonyl (C=O) groups excluding carboxylic acids is 1. The molecule has 0 saturated carbocycles. The van der Waals surface area contributed by atoms with Gasteiger partial charge in [-0.15, -0.1) is 11.8 Å². The number of thioether (sulfide) groups is 1. The average Bonchev–Trinajstić information content (AvgIpc) is 2.41. The summed E-state index contributed by atoms with van der Waals surface area (Å²) in [5, 5.41) is 0.260. The summed E-state index contributed by atoms with van der Waals surface area (Å²) >= 11 is 7.50. The molecule has 0 amide bonds. The molecule has 1 nitrogen and oxygen atoms in total. The van der Waals surface area contributed by atoms with Crippen LogP contribution in [0.25, 0.3) is 0 Å². The average molecular weight is 281 g/mol. The number of ketones is 1. The van der Waals surface area contributed by atoms with Crippen LogP contribution in [0, 0.1) is 5.82 Å². The van der Waals surface area contributed by atoms with Gasteiger partial charge in [0, 0.05) is 16.0 Å². The second-order valence-electron chi connectivity index (χ2n) is 3.68. The largest absolute Gasteiger partial charge is 0.289 e. The fourth-order valence-corrected chi connectivity index (χ4v) is 2.18. The third-order valence-electron chi connectivity index (χ3n) is 2.53. The molecule has 0 spiro atoms. The number of benzene rings is 2. The Hall–Kier alpha value is -1.32. The van der Waals surface area contributed by atoms with Crippen LogP contribution in [0.5, 0.6) is 0 Å². The van der Waals surface area contributed by atoms with Gasteiger partial charge in [-0.1, -0.05) is 11.6 Å². The maximum atomic E-state index is 13.1. The number of hydrogen-bond acceptors (Lipinski definition) is 2. The third kappa shape index (κ3) is 2.74. The van der Waals surface area contributed by atoms with Gasteiger partial charge >= 0.3 is 0 Å². The lowest BCUT2D eigenvalue weighted by molar-refractivity contribution is 0.103. The first-order valence-corrected chi connectivity index (χ1v) is 6.86. The molecule has 18 heavy (non-hydrogen) atoms. The van der Waals surface area contributed by atoms with E-state index in [1.54, 1.807) is 23.9 Å². The van der Waals surface area contributed by atoms with Gasteiger partial charge in [0.05, 0.1) is 5.02 Å². The zero-order valence-electron chi connectivity index (χ0n) is 9.61. The number of halogens is 2. The minimum absolute atomic E-state index is 0.188. The van der Waals surface area contributed by atoms with Gasteiger partial charge in [0.25, 0.3) is 0 Å². The van der Waals surface area contributed by atoms with Crippen molar-refractivity contribution in [3.05, 3.63) is 64.4 Å². The molecule has 0 aromatic heterocycles. The molecule has 0 saturated heterocycles. The van der Waals surface area contributed by atoms with Crippen molar-refractivity contribution in [3.63, 3.8) is 0 Å². The molecule has 2 rings (SSSR count). The fourth-order valence-electron chi connectivity index (χ4n) is 1.57. The summed E-state index contributed by atoms with van der Waals surface area (Å²) < 4.78 is 13.1. The Kier molecular flexibility index (Phi) is 4.04. The van der Waals surface area contributed by atoms with Gasteiger partial charge in [-0.05, 0) is 48.7 Å². The standard InChI is InChI=1S/C14H10ClFOS/c1-18-11-5-2-9(3-6-11)14(17)12-8-10(16)4-7-13(12)15/h2-8H,1H3. The Balaban J connectivity index is 2.38. The first-order chi connectivity index (χ1) is 8.61. The fraction of sp³-hybridized carbons (Fsp3) is 0.0714. The predicted octanol–water partition coefficient (Wildman–Crippen LogP) is 4.43. The summed E-state index contributed by atoms with van der Waals surface area (Å²) in [6, 6.07) is 10.9. The van der Waals surface area contributed by atoms with Crippen LogP contribution in [0.15, 0.2) is 47.4 Å². The van der Waals surface area contributed by atoms with E-state index in [4.69, 9.17) is 11.6 Å². The van der Waals surface area contributed by atoms with Crippen molar-refractivity contribution in [2.45, 2.75) is 4.90 Å². The third-order valence-corrected chi connectivity index (χ3v) is 3.60. The van der Waals surface area contributed by atoms with Crippen LogP contribution in [-0.2, 0) is 0 Å². The molecule has 0 aliphatic heterocycles. The second kappa shape index (κ2) is 5.55. The Labute approximate surface area is 114 Å². The molecule has 0 radical (unpaired) electrons. The van der Waals surface area contributed by atoms with Gasteiger partial charge in [0.1, 0.15) is 5.82 Å². The monoisotopic (exact) mass is 280 g/mol. The molecule has 2 aromatic rings. The van der Waals surface area contributed by atoms with Crippen molar-refractivity contribution >= 4 is 29.1 Å². The lowest BCUT2D eigenvalue weighted by atomic mass is 10.0. The van der Waals surface area contributed by atoms with Gasteiger partial charge in [-0.25, -0.2) is 4.39 Å². The highest BCUT2D eigenvalue weighted by Gasteiger charge is 2.13. The number of rotatable bonds is 3. The molecule has 4 heteroatoms. The Morgan fingerprint density at radius 2 is 1.83 bits per heavy atom. The summed E-state index contributed by atoms with van der Waals surface area (Å²) in [5.74, 6) is -0.740. The normalized spacial score (nSPS) is 10.4. The molecule has 0 heterocycles. The molecular weight excluding hydrogens is 271 g/mol. The number of carbonyl (C=O) groups is 1. The van der Waals surface area contributed by atoms with E-state index in [0.717, 1.165) is 11.0 Å². The first-order valence-electron chi connectivity index (χ1n) is 5.25. The maximum Gasteiger partial charge on any atom is 0.194 e. The first kappa shape index (κ1) is 13.1. The minimum Gasteiger partial charge on any atom is -0.289 e. The highest BCUT2D eigenvalue weighted by atomic mass is 35.5. The molecular formula is C14H10ClFOS. The van der Waals surface area contributed by atoms with Crippen LogP contribution in [0.2, 0.25) is 5.02 Å². The van der Waals surface area contributed by atoms with Crippen LogP contribution in [-0.4, -0.2) is 12.0 Å². The Morgan fingerprint density at radius 3 is 2.44 bits per heavy atom. The summed E-state index contributed by atoms with van der Waals surface area (Å²) in [4.78, 5) is 13.2. The van der Waals surface area contributed by atoms with Gasteiger partial charge in [-0.3, -0.25) is 4.79 Å². The lowest BCUT2D eigenvalue weighted by Gasteiger charge is -2.04. The van der Waals surface area contributed by atoms with Gasteiger partial charge in [0.2, 0.25) is 0 Å². The highest BCUT2D eigenvalue weighted by molar-refractivity contribution is 7.98. The second-order valence-corrected chi connectivity index (χ2v) is 4.97. The van der Waals surface area contributed by atoms with Crippen LogP contribution in [0.1, 0.15) is 15.9 Å². The lowest BCUT2D eigenvalue weighted by Crippen LogP contribution is -2.02. The summed E-state index contributed by atoms with van der Waals surface area (Å²) in [7, 11) is 0. The van der Waals surface area contributed by atoms with Crippen molar-refractivity contribution in [1.82, 2.24) is 0 Å². The summed E-state index contributed by atoms with van der Waals surface area (Å²) in [6.45, 7) is 0. The van der Waals surface area contributed by atoms with Gasteiger partial charge in [-0.2, -0.15) is 0 Å². The SMILES string of the molecule is CSc1ccc(C(=O)c2cc(F)ccc2Cl)cc1. The quantitative estimate of drug-likeness (QED) is 0.611. The molecule has 0 atom stereocenters. The van der Waals surface area contributed by atoms with E-state index in [1.807, 2.05) is 18.4 Å². The molecule has 0 aliphatic rings.